The molecule has 7 nitrogen and oxygen atoms in total. The molecule has 3 N–H and O–H groups in total. The number of carbonyl (C=O) groups is 2. The maximum atomic E-state index is 11.5. The molecule has 24 heavy (non-hydrogen) atoms. The van der Waals surface area contributed by atoms with Crippen molar-refractivity contribution < 1.29 is 19.8 Å². The first kappa shape index (κ1) is 15.4. The van der Waals surface area contributed by atoms with E-state index in [1.807, 2.05) is 13.0 Å². The number of hydrogen-bond donors (Lipinski definition) is 3. The van der Waals surface area contributed by atoms with Crippen LogP contribution in [0.4, 0.5) is 11.5 Å². The van der Waals surface area contributed by atoms with Gasteiger partial charge in [-0.3, -0.25) is 4.98 Å². The SMILES string of the molecule is Cc1ccc2ncc(C(=O)O)c(Nc3ncccc3C(=O)O)c2c1. The van der Waals surface area contributed by atoms with Gasteiger partial charge in [0.05, 0.1) is 11.2 Å². The van der Waals surface area contributed by atoms with E-state index in [4.69, 9.17) is 0 Å². The molecule has 2 heterocycles. The van der Waals surface area contributed by atoms with E-state index in [0.29, 0.717) is 10.9 Å². The predicted octanol–water partition coefficient (Wildman–Crippen LogP) is 3.08. The van der Waals surface area contributed by atoms with E-state index < -0.39 is 11.9 Å². The number of nitrogens with zero attached hydrogens (tertiary/aromatic N) is 2. The molecule has 120 valence electrons. The van der Waals surface area contributed by atoms with E-state index in [9.17, 15) is 19.8 Å². The van der Waals surface area contributed by atoms with Crippen LogP contribution in [0.5, 0.6) is 0 Å². The maximum absolute atomic E-state index is 11.5. The first-order valence-electron chi connectivity index (χ1n) is 7.05. The van der Waals surface area contributed by atoms with Crippen molar-refractivity contribution in [2.75, 3.05) is 5.32 Å². The zero-order valence-electron chi connectivity index (χ0n) is 12.6. The van der Waals surface area contributed by atoms with Crippen LogP contribution in [0.15, 0.2) is 42.7 Å². The van der Waals surface area contributed by atoms with Crippen molar-refractivity contribution in [1.29, 1.82) is 0 Å². The van der Waals surface area contributed by atoms with Crippen LogP contribution in [0.3, 0.4) is 0 Å². The van der Waals surface area contributed by atoms with Gasteiger partial charge in [0.1, 0.15) is 16.9 Å². The van der Waals surface area contributed by atoms with Crippen molar-refractivity contribution in [2.24, 2.45) is 0 Å². The largest absolute Gasteiger partial charge is 0.478 e. The molecule has 3 rings (SSSR count). The van der Waals surface area contributed by atoms with E-state index in [2.05, 4.69) is 15.3 Å². The fourth-order valence-corrected chi connectivity index (χ4v) is 2.40. The monoisotopic (exact) mass is 323 g/mol. The van der Waals surface area contributed by atoms with Crippen LogP contribution in [-0.4, -0.2) is 32.1 Å². The highest BCUT2D eigenvalue weighted by Crippen LogP contribution is 2.30. The molecular weight excluding hydrogens is 310 g/mol. The highest BCUT2D eigenvalue weighted by molar-refractivity contribution is 6.06. The summed E-state index contributed by atoms with van der Waals surface area (Å²) < 4.78 is 0. The summed E-state index contributed by atoms with van der Waals surface area (Å²) in [5, 5.41) is 22.1. The lowest BCUT2D eigenvalue weighted by Crippen LogP contribution is -2.09. The number of nitrogens with one attached hydrogen (secondary N) is 1. The highest BCUT2D eigenvalue weighted by atomic mass is 16.4. The summed E-state index contributed by atoms with van der Waals surface area (Å²) in [6.45, 7) is 1.88. The van der Waals surface area contributed by atoms with E-state index in [1.54, 1.807) is 12.1 Å². The zero-order chi connectivity index (χ0) is 17.3. The second-order valence-electron chi connectivity index (χ2n) is 5.20. The van der Waals surface area contributed by atoms with E-state index in [-0.39, 0.29) is 22.6 Å². The van der Waals surface area contributed by atoms with Gasteiger partial charge in [0, 0.05) is 17.8 Å². The third-order valence-electron chi connectivity index (χ3n) is 3.54. The minimum Gasteiger partial charge on any atom is -0.478 e. The molecular formula is C17H13N3O4. The summed E-state index contributed by atoms with van der Waals surface area (Å²) in [6.07, 6.45) is 2.68. The van der Waals surface area contributed by atoms with Gasteiger partial charge in [-0.15, -0.1) is 0 Å². The highest BCUT2D eigenvalue weighted by Gasteiger charge is 2.18. The molecule has 7 heteroatoms. The Hall–Kier alpha value is -3.48. The number of aromatic carboxylic acids is 2. The average molecular weight is 323 g/mol. The minimum atomic E-state index is -1.17. The predicted molar refractivity (Wildman–Crippen MR) is 87.9 cm³/mol. The first-order chi connectivity index (χ1) is 11.5. The number of pyridine rings is 2. The maximum Gasteiger partial charge on any atom is 0.339 e. The topological polar surface area (TPSA) is 112 Å². The van der Waals surface area contributed by atoms with Crippen LogP contribution in [0.1, 0.15) is 26.3 Å². The van der Waals surface area contributed by atoms with Crippen LogP contribution in [-0.2, 0) is 0 Å². The van der Waals surface area contributed by atoms with Crippen LogP contribution >= 0.6 is 0 Å². The molecule has 0 atom stereocenters. The molecule has 0 amide bonds. The lowest BCUT2D eigenvalue weighted by Gasteiger charge is -2.13. The van der Waals surface area contributed by atoms with Gasteiger partial charge < -0.3 is 15.5 Å². The van der Waals surface area contributed by atoms with Gasteiger partial charge in [-0.25, -0.2) is 14.6 Å². The summed E-state index contributed by atoms with van der Waals surface area (Å²) in [4.78, 5) is 31.0. The van der Waals surface area contributed by atoms with Gasteiger partial charge in [0.2, 0.25) is 0 Å². The van der Waals surface area contributed by atoms with Crippen LogP contribution < -0.4 is 5.32 Å². The summed E-state index contributed by atoms with van der Waals surface area (Å²) in [7, 11) is 0. The Bertz CT molecular complexity index is 969. The average Bonchev–Trinajstić information content (AvgIpc) is 2.55. The Morgan fingerprint density at radius 3 is 2.50 bits per heavy atom. The lowest BCUT2D eigenvalue weighted by atomic mass is 10.1. The second-order valence-corrected chi connectivity index (χ2v) is 5.20. The number of fused-ring (bicyclic) bond motifs is 1. The number of carboxylic acid groups (broad SMARTS) is 2. The number of aromatic nitrogens is 2. The fourth-order valence-electron chi connectivity index (χ4n) is 2.40. The Morgan fingerprint density at radius 2 is 1.79 bits per heavy atom. The molecule has 0 radical (unpaired) electrons. The Labute approximate surface area is 136 Å². The van der Waals surface area contributed by atoms with Gasteiger partial charge in [0.15, 0.2) is 0 Å². The quantitative estimate of drug-likeness (QED) is 0.676. The molecule has 0 fully saturated rings. The fraction of sp³-hybridized carbons (Fsp3) is 0.0588. The van der Waals surface area contributed by atoms with Crippen molar-refractivity contribution in [3.05, 3.63) is 59.4 Å². The van der Waals surface area contributed by atoms with Crippen LogP contribution in [0, 0.1) is 6.92 Å². The molecule has 0 aliphatic carbocycles. The zero-order valence-corrected chi connectivity index (χ0v) is 12.6. The number of aryl methyl sites for hydroxylation is 1. The van der Waals surface area contributed by atoms with Crippen LogP contribution in [0.25, 0.3) is 10.9 Å². The summed E-state index contributed by atoms with van der Waals surface area (Å²) in [5.41, 5.74) is 1.68. The smallest absolute Gasteiger partial charge is 0.339 e. The van der Waals surface area contributed by atoms with E-state index >= 15 is 0 Å². The molecule has 3 aromatic rings. The Balaban J connectivity index is 2.25. The van der Waals surface area contributed by atoms with Crippen molar-refractivity contribution >= 4 is 34.3 Å². The van der Waals surface area contributed by atoms with Crippen molar-refractivity contribution in [1.82, 2.24) is 9.97 Å². The normalized spacial score (nSPS) is 10.5. The molecule has 1 aromatic carbocycles. The molecule has 0 unspecified atom stereocenters. The van der Waals surface area contributed by atoms with Crippen LogP contribution in [0.2, 0.25) is 0 Å². The van der Waals surface area contributed by atoms with E-state index in [1.165, 1.54) is 24.5 Å². The molecule has 0 saturated carbocycles. The molecule has 0 bridgehead atoms. The lowest BCUT2D eigenvalue weighted by molar-refractivity contribution is 0.0687. The third kappa shape index (κ3) is 2.74. The Kier molecular flexibility index (Phi) is 3.83. The Morgan fingerprint density at radius 1 is 1.04 bits per heavy atom. The standard InChI is InChI=1S/C17H13N3O4/c1-9-4-5-13-11(7-9)14(12(8-19-13)17(23)24)20-15-10(16(21)22)3-2-6-18-15/h2-8H,1H3,(H,21,22)(H,23,24)(H,18,19,20). The summed E-state index contributed by atoms with van der Waals surface area (Å²) >= 11 is 0. The minimum absolute atomic E-state index is 0.0496. The van der Waals surface area contributed by atoms with Gasteiger partial charge in [-0.2, -0.15) is 0 Å². The second kappa shape index (κ2) is 5.96. The van der Waals surface area contributed by atoms with Gasteiger partial charge >= 0.3 is 11.9 Å². The summed E-state index contributed by atoms with van der Waals surface area (Å²) in [6, 6.07) is 8.33. The van der Waals surface area contributed by atoms with Gasteiger partial charge in [-0.05, 0) is 31.2 Å². The van der Waals surface area contributed by atoms with Gasteiger partial charge in [-0.1, -0.05) is 11.6 Å². The van der Waals surface area contributed by atoms with Crippen molar-refractivity contribution in [2.45, 2.75) is 6.92 Å². The number of anilines is 2. The number of rotatable bonds is 4. The molecule has 0 saturated heterocycles. The molecule has 2 aromatic heterocycles. The number of hydrogen-bond acceptors (Lipinski definition) is 5. The van der Waals surface area contributed by atoms with E-state index in [0.717, 1.165) is 5.56 Å². The molecule has 0 aliphatic heterocycles. The number of carboxylic acids is 2. The molecule has 0 spiro atoms. The van der Waals surface area contributed by atoms with Gasteiger partial charge in [0.25, 0.3) is 0 Å². The van der Waals surface area contributed by atoms with Crippen molar-refractivity contribution in [3.8, 4) is 0 Å². The third-order valence-corrected chi connectivity index (χ3v) is 3.54. The summed E-state index contributed by atoms with van der Waals surface area (Å²) in [5.74, 6) is -2.25. The first-order valence-corrected chi connectivity index (χ1v) is 7.05. The van der Waals surface area contributed by atoms with Crippen molar-refractivity contribution in [3.63, 3.8) is 0 Å². The number of benzene rings is 1. The molecule has 0 aliphatic rings.